The molecule has 0 aliphatic heterocycles. The summed E-state index contributed by atoms with van der Waals surface area (Å²) in [6.45, 7) is 17.4. The molecule has 0 aliphatic carbocycles. The Morgan fingerprint density at radius 3 is 1.90 bits per heavy atom. The zero-order valence-corrected chi connectivity index (χ0v) is 14.9. The molecule has 0 saturated carbocycles. The normalized spacial score (nSPS) is 12.3. The number of rotatable bonds is 15. The minimum absolute atomic E-state index is 0.334. The molecule has 0 heterocycles. The molecule has 0 spiro atoms. The van der Waals surface area contributed by atoms with Gasteiger partial charge in [-0.25, -0.2) is 0 Å². The highest BCUT2D eigenvalue weighted by Gasteiger charge is 2.21. The molecular formula is C17H37NO3. The van der Waals surface area contributed by atoms with E-state index >= 15 is 0 Å². The Balaban J connectivity index is 3.16. The van der Waals surface area contributed by atoms with Crippen molar-refractivity contribution in [2.24, 2.45) is 11.3 Å². The average molecular weight is 303 g/mol. The maximum absolute atomic E-state index is 5.53. The molecule has 0 unspecified atom stereocenters. The first-order chi connectivity index (χ1) is 10.0. The maximum atomic E-state index is 5.53. The summed E-state index contributed by atoms with van der Waals surface area (Å²) in [5, 5.41) is 3.45. The molecule has 0 aromatic heterocycles. The molecule has 0 radical (unpaired) electrons. The first-order valence-electron chi connectivity index (χ1n) is 8.44. The average Bonchev–Trinajstić information content (AvgIpc) is 2.43. The lowest BCUT2D eigenvalue weighted by Gasteiger charge is -2.29. The van der Waals surface area contributed by atoms with Crippen molar-refractivity contribution in [2.45, 2.75) is 47.5 Å². The maximum Gasteiger partial charge on any atom is 0.0701 e. The van der Waals surface area contributed by atoms with Crippen molar-refractivity contribution in [3.05, 3.63) is 0 Å². The number of ether oxygens (including phenoxy) is 3. The van der Waals surface area contributed by atoms with E-state index in [9.17, 15) is 0 Å². The van der Waals surface area contributed by atoms with E-state index in [1.54, 1.807) is 0 Å². The van der Waals surface area contributed by atoms with E-state index in [1.807, 2.05) is 0 Å². The summed E-state index contributed by atoms with van der Waals surface area (Å²) in [6, 6.07) is 0. The van der Waals surface area contributed by atoms with E-state index in [0.29, 0.717) is 37.8 Å². The summed E-state index contributed by atoms with van der Waals surface area (Å²) in [5.41, 5.74) is 0.334. The van der Waals surface area contributed by atoms with Crippen LogP contribution in [0, 0.1) is 11.3 Å². The van der Waals surface area contributed by atoms with Crippen molar-refractivity contribution >= 4 is 0 Å². The van der Waals surface area contributed by atoms with Crippen molar-refractivity contribution in [1.82, 2.24) is 5.32 Å². The highest BCUT2D eigenvalue weighted by molar-refractivity contribution is 4.74. The SMILES string of the molecule is CCCCOCCOCCOCCNCC(C)(C)C(C)C. The van der Waals surface area contributed by atoms with Crippen LogP contribution in [0.5, 0.6) is 0 Å². The second-order valence-electron chi connectivity index (χ2n) is 6.51. The predicted octanol–water partition coefficient (Wildman–Crippen LogP) is 3.11. The van der Waals surface area contributed by atoms with Crippen molar-refractivity contribution in [3.63, 3.8) is 0 Å². The third kappa shape index (κ3) is 13.2. The number of hydrogen-bond acceptors (Lipinski definition) is 4. The predicted molar refractivity (Wildman–Crippen MR) is 88.9 cm³/mol. The Bertz CT molecular complexity index is 220. The van der Waals surface area contributed by atoms with E-state index in [1.165, 1.54) is 6.42 Å². The van der Waals surface area contributed by atoms with Gasteiger partial charge in [0.25, 0.3) is 0 Å². The Morgan fingerprint density at radius 2 is 1.38 bits per heavy atom. The second-order valence-corrected chi connectivity index (χ2v) is 6.51. The van der Waals surface area contributed by atoms with Crippen molar-refractivity contribution < 1.29 is 14.2 Å². The number of hydrogen-bond donors (Lipinski definition) is 1. The molecule has 0 atom stereocenters. The van der Waals surface area contributed by atoms with Gasteiger partial charge in [0.1, 0.15) is 0 Å². The summed E-state index contributed by atoms with van der Waals surface area (Å²) in [5.74, 6) is 0.680. The lowest BCUT2D eigenvalue weighted by atomic mass is 9.81. The lowest BCUT2D eigenvalue weighted by Crippen LogP contribution is -2.35. The summed E-state index contributed by atoms with van der Waals surface area (Å²) in [4.78, 5) is 0. The third-order valence-corrected chi connectivity index (χ3v) is 3.95. The van der Waals surface area contributed by atoms with E-state index in [4.69, 9.17) is 14.2 Å². The van der Waals surface area contributed by atoms with Crippen LogP contribution < -0.4 is 5.32 Å². The van der Waals surface area contributed by atoms with Crippen LogP contribution in [-0.4, -0.2) is 52.7 Å². The van der Waals surface area contributed by atoms with Gasteiger partial charge in [-0.05, 0) is 17.8 Å². The van der Waals surface area contributed by atoms with Crippen molar-refractivity contribution in [1.29, 1.82) is 0 Å². The van der Waals surface area contributed by atoms with Gasteiger partial charge in [0.2, 0.25) is 0 Å². The molecule has 21 heavy (non-hydrogen) atoms. The Labute approximate surface area is 131 Å². The zero-order valence-electron chi connectivity index (χ0n) is 14.9. The van der Waals surface area contributed by atoms with Gasteiger partial charge in [0, 0.05) is 19.7 Å². The van der Waals surface area contributed by atoms with Crippen molar-refractivity contribution in [2.75, 3.05) is 52.7 Å². The molecular weight excluding hydrogens is 266 g/mol. The lowest BCUT2D eigenvalue weighted by molar-refractivity contribution is 0.0143. The highest BCUT2D eigenvalue weighted by Crippen LogP contribution is 2.24. The molecule has 0 bridgehead atoms. The summed E-state index contributed by atoms with van der Waals surface area (Å²) in [7, 11) is 0. The fourth-order valence-electron chi connectivity index (χ4n) is 1.55. The fourth-order valence-corrected chi connectivity index (χ4v) is 1.55. The molecule has 0 rings (SSSR count). The van der Waals surface area contributed by atoms with Gasteiger partial charge in [0.05, 0.1) is 33.0 Å². The molecule has 0 aromatic carbocycles. The van der Waals surface area contributed by atoms with E-state index in [-0.39, 0.29) is 0 Å². The van der Waals surface area contributed by atoms with Crippen LogP contribution in [0.4, 0.5) is 0 Å². The van der Waals surface area contributed by atoms with Gasteiger partial charge in [-0.3, -0.25) is 0 Å². The van der Waals surface area contributed by atoms with Crippen LogP contribution in [0.25, 0.3) is 0 Å². The molecule has 0 aromatic rings. The van der Waals surface area contributed by atoms with E-state index < -0.39 is 0 Å². The van der Waals surface area contributed by atoms with Crippen LogP contribution in [-0.2, 0) is 14.2 Å². The van der Waals surface area contributed by atoms with E-state index in [0.717, 1.165) is 32.7 Å². The van der Waals surface area contributed by atoms with E-state index in [2.05, 4.69) is 39.9 Å². The quantitative estimate of drug-likeness (QED) is 0.472. The van der Waals surface area contributed by atoms with Gasteiger partial charge in [-0.2, -0.15) is 0 Å². The summed E-state index contributed by atoms with van der Waals surface area (Å²) < 4.78 is 16.4. The summed E-state index contributed by atoms with van der Waals surface area (Å²) >= 11 is 0. The largest absolute Gasteiger partial charge is 0.379 e. The van der Waals surface area contributed by atoms with Crippen LogP contribution in [0.15, 0.2) is 0 Å². The second kappa shape index (κ2) is 13.5. The first-order valence-corrected chi connectivity index (χ1v) is 8.44. The Morgan fingerprint density at radius 1 is 0.857 bits per heavy atom. The number of unbranched alkanes of at least 4 members (excludes halogenated alkanes) is 1. The van der Waals surface area contributed by atoms with Gasteiger partial charge in [-0.15, -0.1) is 0 Å². The van der Waals surface area contributed by atoms with Crippen LogP contribution >= 0.6 is 0 Å². The molecule has 0 fully saturated rings. The summed E-state index contributed by atoms with van der Waals surface area (Å²) in [6.07, 6.45) is 2.31. The van der Waals surface area contributed by atoms with Gasteiger partial charge >= 0.3 is 0 Å². The monoisotopic (exact) mass is 303 g/mol. The Kier molecular flexibility index (Phi) is 13.4. The van der Waals surface area contributed by atoms with Gasteiger partial charge in [0.15, 0.2) is 0 Å². The molecule has 4 nitrogen and oxygen atoms in total. The minimum atomic E-state index is 0.334. The standard InChI is InChI=1S/C17H37NO3/c1-6-7-9-19-11-13-21-14-12-20-10-8-18-15-17(4,5)16(2)3/h16,18H,6-15H2,1-5H3. The number of nitrogens with one attached hydrogen (secondary N) is 1. The topological polar surface area (TPSA) is 39.7 Å². The van der Waals surface area contributed by atoms with Gasteiger partial charge in [-0.1, -0.05) is 41.0 Å². The molecule has 1 N–H and O–H groups in total. The molecule has 0 aliphatic rings. The van der Waals surface area contributed by atoms with Crippen molar-refractivity contribution in [3.8, 4) is 0 Å². The van der Waals surface area contributed by atoms with Crippen LogP contribution in [0.2, 0.25) is 0 Å². The zero-order chi connectivity index (χ0) is 16.0. The molecule has 0 amide bonds. The first kappa shape index (κ1) is 20.8. The minimum Gasteiger partial charge on any atom is -0.379 e. The van der Waals surface area contributed by atoms with Crippen LogP contribution in [0.1, 0.15) is 47.5 Å². The fraction of sp³-hybridized carbons (Fsp3) is 1.00. The molecule has 128 valence electrons. The smallest absolute Gasteiger partial charge is 0.0701 e. The Hall–Kier alpha value is -0.160. The molecule has 4 heteroatoms. The highest BCUT2D eigenvalue weighted by atomic mass is 16.5. The molecule has 0 saturated heterocycles. The third-order valence-electron chi connectivity index (χ3n) is 3.95. The van der Waals surface area contributed by atoms with Crippen LogP contribution in [0.3, 0.4) is 0 Å². The van der Waals surface area contributed by atoms with Gasteiger partial charge < -0.3 is 19.5 Å².